The van der Waals surface area contributed by atoms with E-state index in [4.69, 9.17) is 0 Å². The van der Waals surface area contributed by atoms with Crippen LogP contribution in [0.25, 0.3) is 0 Å². The van der Waals surface area contributed by atoms with E-state index < -0.39 is 5.60 Å². The molecule has 1 aromatic heterocycles. The fraction of sp³-hybridized carbons (Fsp3) is 0.722. The summed E-state index contributed by atoms with van der Waals surface area (Å²) in [5.74, 6) is 0.934. The Hall–Kier alpha value is -1.17. The first-order valence-electron chi connectivity index (χ1n) is 8.46. The number of pyridine rings is 1. The van der Waals surface area contributed by atoms with E-state index in [1.807, 2.05) is 6.92 Å². The van der Waals surface area contributed by atoms with Gasteiger partial charge in [0, 0.05) is 42.9 Å². The van der Waals surface area contributed by atoms with Gasteiger partial charge in [-0.3, -0.25) is 9.88 Å². The number of hydrogen-bond acceptors (Lipinski definition) is 5. The molecule has 0 bridgehead atoms. The van der Waals surface area contributed by atoms with Gasteiger partial charge in [-0.15, -0.1) is 0 Å². The molecule has 3 N–H and O–H groups in total. The van der Waals surface area contributed by atoms with Gasteiger partial charge in [0.1, 0.15) is 5.75 Å². The molecule has 1 fully saturated rings. The number of aryl methyl sites for hydroxylation is 1. The van der Waals surface area contributed by atoms with E-state index in [1.54, 1.807) is 13.1 Å². The lowest BCUT2D eigenvalue weighted by Crippen LogP contribution is -2.50. The second kappa shape index (κ2) is 7.16. The van der Waals surface area contributed by atoms with Crippen LogP contribution in [-0.4, -0.2) is 43.9 Å². The van der Waals surface area contributed by atoms with Crippen LogP contribution in [0.2, 0.25) is 0 Å². The third-order valence-electron chi connectivity index (χ3n) is 5.03. The Bertz CT molecular complexity index is 543. The maximum absolute atomic E-state index is 10.6. The van der Waals surface area contributed by atoms with Gasteiger partial charge in [-0.25, -0.2) is 0 Å². The SMILES string of the molecule is Cc1ncc(CO)c(CN2CC[C@@](C)(O)[C@@H](CC(C)C)C2)c1O. The van der Waals surface area contributed by atoms with E-state index >= 15 is 0 Å². The van der Waals surface area contributed by atoms with Gasteiger partial charge in [-0.05, 0) is 32.6 Å². The molecule has 0 spiro atoms. The number of aliphatic hydroxyl groups is 2. The maximum atomic E-state index is 10.6. The van der Waals surface area contributed by atoms with Crippen molar-refractivity contribution >= 4 is 0 Å². The summed E-state index contributed by atoms with van der Waals surface area (Å²) in [5, 5.41) is 30.5. The lowest BCUT2D eigenvalue weighted by atomic mass is 9.78. The summed E-state index contributed by atoms with van der Waals surface area (Å²) in [6.45, 7) is 10.1. The smallest absolute Gasteiger partial charge is 0.141 e. The molecule has 1 aliphatic heterocycles. The Morgan fingerprint density at radius 3 is 2.74 bits per heavy atom. The zero-order chi connectivity index (χ0) is 17.2. The summed E-state index contributed by atoms with van der Waals surface area (Å²) in [5.41, 5.74) is 1.38. The molecule has 1 saturated heterocycles. The second-order valence-electron chi connectivity index (χ2n) is 7.52. The molecule has 2 rings (SSSR count). The molecule has 130 valence electrons. The highest BCUT2D eigenvalue weighted by Crippen LogP contribution is 2.34. The van der Waals surface area contributed by atoms with Crippen LogP contribution in [0.5, 0.6) is 5.75 Å². The van der Waals surface area contributed by atoms with Gasteiger partial charge < -0.3 is 15.3 Å². The number of aromatic hydroxyl groups is 1. The Morgan fingerprint density at radius 2 is 2.13 bits per heavy atom. The third kappa shape index (κ3) is 4.22. The highest BCUT2D eigenvalue weighted by atomic mass is 16.3. The van der Waals surface area contributed by atoms with Crippen LogP contribution < -0.4 is 0 Å². The van der Waals surface area contributed by atoms with Gasteiger partial charge in [0.2, 0.25) is 0 Å². The molecule has 1 aliphatic rings. The number of likely N-dealkylation sites (tertiary alicyclic amines) is 1. The van der Waals surface area contributed by atoms with Crippen LogP contribution in [0.4, 0.5) is 0 Å². The van der Waals surface area contributed by atoms with E-state index in [-0.39, 0.29) is 18.3 Å². The maximum Gasteiger partial charge on any atom is 0.141 e. The molecule has 5 nitrogen and oxygen atoms in total. The monoisotopic (exact) mass is 322 g/mol. The van der Waals surface area contributed by atoms with Gasteiger partial charge >= 0.3 is 0 Å². The Balaban J connectivity index is 2.17. The lowest BCUT2D eigenvalue weighted by molar-refractivity contribution is -0.0666. The van der Waals surface area contributed by atoms with E-state index in [0.29, 0.717) is 23.7 Å². The van der Waals surface area contributed by atoms with Crippen LogP contribution in [0, 0.1) is 18.8 Å². The third-order valence-corrected chi connectivity index (χ3v) is 5.03. The quantitative estimate of drug-likeness (QED) is 0.775. The molecule has 0 aliphatic carbocycles. The first-order chi connectivity index (χ1) is 10.7. The van der Waals surface area contributed by atoms with Gasteiger partial charge in [0.25, 0.3) is 0 Å². The average molecular weight is 322 g/mol. The van der Waals surface area contributed by atoms with E-state index in [0.717, 1.165) is 31.5 Å². The Labute approximate surface area is 139 Å². The normalized spacial score (nSPS) is 26.0. The van der Waals surface area contributed by atoms with Crippen LogP contribution in [0.1, 0.15) is 50.4 Å². The van der Waals surface area contributed by atoms with Gasteiger partial charge in [-0.2, -0.15) is 0 Å². The first kappa shape index (κ1) is 18.2. The highest BCUT2D eigenvalue weighted by molar-refractivity contribution is 5.40. The van der Waals surface area contributed by atoms with Crippen molar-refractivity contribution in [1.29, 1.82) is 0 Å². The van der Waals surface area contributed by atoms with Crippen molar-refractivity contribution in [3.63, 3.8) is 0 Å². The summed E-state index contributed by atoms with van der Waals surface area (Å²) in [7, 11) is 0. The lowest BCUT2D eigenvalue weighted by Gasteiger charge is -2.43. The van der Waals surface area contributed by atoms with Gasteiger partial charge in [0.05, 0.1) is 17.9 Å². The molecule has 0 saturated carbocycles. The number of hydrogen-bond donors (Lipinski definition) is 3. The Morgan fingerprint density at radius 1 is 1.43 bits per heavy atom. The molecule has 0 aromatic carbocycles. The molecular formula is C18H30N2O3. The van der Waals surface area contributed by atoms with Crippen molar-refractivity contribution in [2.24, 2.45) is 11.8 Å². The highest BCUT2D eigenvalue weighted by Gasteiger charge is 2.37. The molecule has 0 unspecified atom stereocenters. The van der Waals surface area contributed by atoms with Crippen LogP contribution in [-0.2, 0) is 13.2 Å². The van der Waals surface area contributed by atoms with Crippen molar-refractivity contribution in [2.45, 2.75) is 59.3 Å². The predicted molar refractivity (Wildman–Crippen MR) is 90.0 cm³/mol. The summed E-state index contributed by atoms with van der Waals surface area (Å²) in [6.07, 6.45) is 3.34. The topological polar surface area (TPSA) is 76.8 Å². The van der Waals surface area contributed by atoms with Crippen molar-refractivity contribution in [3.05, 3.63) is 23.0 Å². The average Bonchev–Trinajstić information content (AvgIpc) is 2.47. The first-order valence-corrected chi connectivity index (χ1v) is 8.46. The Kier molecular flexibility index (Phi) is 5.65. The number of piperidine rings is 1. The fourth-order valence-electron chi connectivity index (χ4n) is 3.45. The van der Waals surface area contributed by atoms with E-state index in [9.17, 15) is 15.3 Å². The molecule has 0 radical (unpaired) electrons. The van der Waals surface area contributed by atoms with Crippen molar-refractivity contribution in [2.75, 3.05) is 13.1 Å². The molecule has 2 heterocycles. The summed E-state index contributed by atoms with van der Waals surface area (Å²) in [4.78, 5) is 6.37. The minimum absolute atomic E-state index is 0.128. The molecule has 0 amide bonds. The summed E-state index contributed by atoms with van der Waals surface area (Å²) in [6, 6.07) is 0. The fourth-order valence-corrected chi connectivity index (χ4v) is 3.45. The van der Waals surface area contributed by atoms with Crippen LogP contribution in [0.3, 0.4) is 0 Å². The van der Waals surface area contributed by atoms with Gasteiger partial charge in [-0.1, -0.05) is 13.8 Å². The van der Waals surface area contributed by atoms with Crippen molar-refractivity contribution < 1.29 is 15.3 Å². The van der Waals surface area contributed by atoms with Crippen molar-refractivity contribution in [1.82, 2.24) is 9.88 Å². The summed E-state index contributed by atoms with van der Waals surface area (Å²) < 4.78 is 0. The van der Waals surface area contributed by atoms with E-state index in [1.165, 1.54) is 0 Å². The number of rotatable bonds is 5. The molecule has 5 heteroatoms. The molecule has 23 heavy (non-hydrogen) atoms. The molecular weight excluding hydrogens is 292 g/mol. The second-order valence-corrected chi connectivity index (χ2v) is 7.52. The minimum Gasteiger partial charge on any atom is -0.506 e. The molecule has 1 aromatic rings. The summed E-state index contributed by atoms with van der Waals surface area (Å²) >= 11 is 0. The van der Waals surface area contributed by atoms with Crippen molar-refractivity contribution in [3.8, 4) is 5.75 Å². The minimum atomic E-state index is -0.628. The zero-order valence-corrected chi connectivity index (χ0v) is 14.7. The largest absolute Gasteiger partial charge is 0.506 e. The van der Waals surface area contributed by atoms with E-state index in [2.05, 4.69) is 23.7 Å². The molecule has 2 atom stereocenters. The number of nitrogens with zero attached hydrogens (tertiary/aromatic N) is 2. The standard InChI is InChI=1S/C18H30N2O3/c1-12(2)7-15-9-20(6-5-18(15,4)23)10-16-14(11-21)8-19-13(3)17(16)22/h8,12,15,21-23H,5-7,9-11H2,1-4H3/t15-,18+/m0/s1. The van der Waals surface area contributed by atoms with Crippen LogP contribution >= 0.6 is 0 Å². The zero-order valence-electron chi connectivity index (χ0n) is 14.7. The predicted octanol–water partition coefficient (Wildman–Crippen LogP) is 2.21. The number of aliphatic hydroxyl groups excluding tert-OH is 1. The van der Waals surface area contributed by atoms with Gasteiger partial charge in [0.15, 0.2) is 0 Å². The number of aromatic nitrogens is 1. The van der Waals surface area contributed by atoms with Crippen LogP contribution in [0.15, 0.2) is 6.20 Å².